The molecule has 0 aromatic carbocycles. The van der Waals surface area contributed by atoms with Gasteiger partial charge in [-0.1, -0.05) is 6.42 Å². The largest absolute Gasteiger partial charge is 0.442 e. The highest BCUT2D eigenvalue weighted by Gasteiger charge is 2.48. The highest BCUT2D eigenvalue weighted by Crippen LogP contribution is 2.41. The molecule has 1 aliphatic heterocycles. The topological polar surface area (TPSA) is 59.0 Å². The summed E-state index contributed by atoms with van der Waals surface area (Å²) < 4.78 is 5.36. The van der Waals surface area contributed by atoms with Crippen molar-refractivity contribution in [3.05, 3.63) is 0 Å². The van der Waals surface area contributed by atoms with Crippen LogP contribution in [0, 0.1) is 5.92 Å². The van der Waals surface area contributed by atoms with Crippen LogP contribution in [-0.4, -0.2) is 40.6 Å². The molecule has 2 rings (SSSR count). The summed E-state index contributed by atoms with van der Waals surface area (Å²) in [5.41, 5.74) is -0.510. The van der Waals surface area contributed by atoms with Crippen molar-refractivity contribution in [1.82, 2.24) is 5.06 Å². The molecule has 0 bridgehead atoms. The van der Waals surface area contributed by atoms with Crippen LogP contribution in [0.3, 0.4) is 0 Å². The lowest BCUT2D eigenvalue weighted by Crippen LogP contribution is -2.39. The fraction of sp³-hybridized carbons (Fsp3) is 0.923. The molecule has 1 heterocycles. The van der Waals surface area contributed by atoms with E-state index in [0.29, 0.717) is 12.3 Å². The van der Waals surface area contributed by atoms with Crippen LogP contribution in [0.2, 0.25) is 0 Å². The number of amides is 1. The Morgan fingerprint density at radius 2 is 2.17 bits per heavy atom. The lowest BCUT2D eigenvalue weighted by Gasteiger charge is -2.26. The summed E-state index contributed by atoms with van der Waals surface area (Å²) in [7, 11) is 0. The Kier molecular flexibility index (Phi) is 3.82. The van der Waals surface area contributed by atoms with Crippen molar-refractivity contribution < 1.29 is 19.5 Å². The van der Waals surface area contributed by atoms with Crippen LogP contribution in [0.25, 0.3) is 0 Å². The monoisotopic (exact) mass is 257 g/mol. The third-order valence-electron chi connectivity index (χ3n) is 3.55. The minimum Gasteiger partial charge on any atom is -0.442 e. The number of aliphatic hydroxyl groups excluding tert-OH is 1. The SMILES string of the molecule is CC(C)(C)OC(=O)N1O[C@@H](CCO)[C@H]2CCC[C@H]21. The van der Waals surface area contributed by atoms with E-state index in [1.54, 1.807) is 0 Å². The molecule has 1 saturated carbocycles. The standard InChI is InChI=1S/C13H23NO4/c1-13(2,3)17-12(16)14-10-6-4-5-9(10)11(18-14)7-8-15/h9-11,15H,4-8H2,1-3H3/t9-,10+,11-/m0/s1. The van der Waals surface area contributed by atoms with E-state index in [2.05, 4.69) is 0 Å². The summed E-state index contributed by atoms with van der Waals surface area (Å²) in [6, 6.07) is 0.122. The zero-order valence-corrected chi connectivity index (χ0v) is 11.4. The third kappa shape index (κ3) is 2.78. The first-order valence-corrected chi connectivity index (χ1v) is 6.72. The number of aliphatic hydroxyl groups is 1. The number of hydrogen-bond donors (Lipinski definition) is 1. The van der Waals surface area contributed by atoms with Crippen LogP contribution in [-0.2, 0) is 9.57 Å². The van der Waals surface area contributed by atoms with E-state index < -0.39 is 11.7 Å². The first-order valence-electron chi connectivity index (χ1n) is 6.72. The highest BCUT2D eigenvalue weighted by atomic mass is 16.7. The van der Waals surface area contributed by atoms with Crippen LogP contribution in [0.5, 0.6) is 0 Å². The molecule has 1 N–H and O–H groups in total. The summed E-state index contributed by atoms with van der Waals surface area (Å²) in [5.74, 6) is 0.352. The molecule has 104 valence electrons. The first-order chi connectivity index (χ1) is 8.42. The van der Waals surface area contributed by atoms with Crippen molar-refractivity contribution in [2.45, 2.75) is 64.2 Å². The molecule has 0 spiro atoms. The Labute approximate surface area is 108 Å². The van der Waals surface area contributed by atoms with Gasteiger partial charge in [0.15, 0.2) is 0 Å². The molecule has 5 heteroatoms. The molecule has 3 atom stereocenters. The lowest BCUT2D eigenvalue weighted by molar-refractivity contribution is -0.155. The Balaban J connectivity index is 2.03. The van der Waals surface area contributed by atoms with Crippen LogP contribution < -0.4 is 0 Å². The maximum Gasteiger partial charge on any atom is 0.434 e. The van der Waals surface area contributed by atoms with E-state index in [1.165, 1.54) is 5.06 Å². The molecule has 1 aliphatic carbocycles. The fourth-order valence-electron chi connectivity index (χ4n) is 2.88. The van der Waals surface area contributed by atoms with Crippen LogP contribution in [0.1, 0.15) is 46.5 Å². The average Bonchev–Trinajstić information content (AvgIpc) is 2.78. The van der Waals surface area contributed by atoms with Gasteiger partial charge in [-0.05, 0) is 40.0 Å². The van der Waals surface area contributed by atoms with Gasteiger partial charge in [0.05, 0.1) is 12.1 Å². The minimum absolute atomic E-state index is 0.0463. The predicted molar refractivity (Wildman–Crippen MR) is 65.8 cm³/mol. The average molecular weight is 257 g/mol. The smallest absolute Gasteiger partial charge is 0.434 e. The summed E-state index contributed by atoms with van der Waals surface area (Å²) in [5, 5.41) is 10.4. The molecule has 18 heavy (non-hydrogen) atoms. The van der Waals surface area contributed by atoms with Gasteiger partial charge in [-0.25, -0.2) is 4.79 Å². The summed E-state index contributed by atoms with van der Waals surface area (Å²) in [4.78, 5) is 17.7. The zero-order chi connectivity index (χ0) is 13.3. The van der Waals surface area contributed by atoms with Gasteiger partial charge < -0.3 is 9.84 Å². The van der Waals surface area contributed by atoms with Crippen molar-refractivity contribution >= 4 is 6.09 Å². The fourth-order valence-corrected chi connectivity index (χ4v) is 2.88. The Morgan fingerprint density at radius 1 is 1.44 bits per heavy atom. The molecule has 0 aromatic rings. The van der Waals surface area contributed by atoms with Crippen LogP contribution >= 0.6 is 0 Å². The maximum atomic E-state index is 12.1. The molecule has 1 saturated heterocycles. The number of hydroxylamine groups is 2. The molecule has 0 radical (unpaired) electrons. The number of hydrogen-bond acceptors (Lipinski definition) is 4. The van der Waals surface area contributed by atoms with Crippen molar-refractivity contribution in [3.63, 3.8) is 0 Å². The number of fused-ring (bicyclic) bond motifs is 1. The van der Waals surface area contributed by atoms with Gasteiger partial charge in [0, 0.05) is 12.5 Å². The Hall–Kier alpha value is -0.810. The normalized spacial score (nSPS) is 31.6. The van der Waals surface area contributed by atoms with Crippen molar-refractivity contribution in [3.8, 4) is 0 Å². The van der Waals surface area contributed by atoms with Crippen LogP contribution in [0.15, 0.2) is 0 Å². The number of nitrogens with zero attached hydrogens (tertiary/aromatic N) is 1. The quantitative estimate of drug-likeness (QED) is 0.823. The number of ether oxygens (including phenoxy) is 1. The van der Waals surface area contributed by atoms with Crippen molar-refractivity contribution in [1.29, 1.82) is 0 Å². The summed E-state index contributed by atoms with van der Waals surface area (Å²) in [6.45, 7) is 5.63. The predicted octanol–water partition coefficient (Wildman–Crippen LogP) is 2.09. The van der Waals surface area contributed by atoms with E-state index >= 15 is 0 Å². The molecule has 2 fully saturated rings. The Bertz CT molecular complexity index is 313. The number of rotatable bonds is 2. The second-order valence-corrected chi connectivity index (χ2v) is 6.12. The summed E-state index contributed by atoms with van der Waals surface area (Å²) in [6.07, 6.45) is 3.27. The lowest BCUT2D eigenvalue weighted by atomic mass is 9.96. The van der Waals surface area contributed by atoms with E-state index in [-0.39, 0.29) is 18.8 Å². The van der Waals surface area contributed by atoms with Gasteiger partial charge in [-0.3, -0.25) is 4.84 Å². The molecular formula is C13H23NO4. The maximum absolute atomic E-state index is 12.1. The number of carbonyl (C=O) groups excluding carboxylic acids is 1. The van der Waals surface area contributed by atoms with E-state index in [0.717, 1.165) is 19.3 Å². The van der Waals surface area contributed by atoms with Gasteiger partial charge in [-0.15, -0.1) is 0 Å². The molecule has 0 aromatic heterocycles. The Morgan fingerprint density at radius 3 is 2.78 bits per heavy atom. The van der Waals surface area contributed by atoms with Crippen molar-refractivity contribution in [2.75, 3.05) is 6.61 Å². The van der Waals surface area contributed by atoms with E-state index in [9.17, 15) is 4.79 Å². The highest BCUT2D eigenvalue weighted by molar-refractivity contribution is 5.67. The van der Waals surface area contributed by atoms with E-state index in [1.807, 2.05) is 20.8 Å². The third-order valence-corrected chi connectivity index (χ3v) is 3.55. The molecular weight excluding hydrogens is 234 g/mol. The van der Waals surface area contributed by atoms with Gasteiger partial charge in [0.25, 0.3) is 0 Å². The van der Waals surface area contributed by atoms with Gasteiger partial charge in [-0.2, -0.15) is 5.06 Å². The van der Waals surface area contributed by atoms with Gasteiger partial charge >= 0.3 is 6.09 Å². The molecule has 5 nitrogen and oxygen atoms in total. The second kappa shape index (κ2) is 5.05. The molecule has 0 unspecified atom stereocenters. The van der Waals surface area contributed by atoms with Crippen LogP contribution in [0.4, 0.5) is 4.79 Å². The zero-order valence-electron chi connectivity index (χ0n) is 11.4. The number of carbonyl (C=O) groups is 1. The molecule has 1 amide bonds. The van der Waals surface area contributed by atoms with Gasteiger partial charge in [0.1, 0.15) is 5.60 Å². The molecule has 2 aliphatic rings. The second-order valence-electron chi connectivity index (χ2n) is 6.12. The van der Waals surface area contributed by atoms with Gasteiger partial charge in [0.2, 0.25) is 0 Å². The van der Waals surface area contributed by atoms with E-state index in [4.69, 9.17) is 14.7 Å². The summed E-state index contributed by atoms with van der Waals surface area (Å²) >= 11 is 0. The first kappa shape index (κ1) is 13.6. The van der Waals surface area contributed by atoms with Crippen molar-refractivity contribution in [2.24, 2.45) is 5.92 Å². The minimum atomic E-state index is -0.510.